The first-order valence-corrected chi connectivity index (χ1v) is 19.7. The second kappa shape index (κ2) is 11.5. The van der Waals surface area contributed by atoms with Crippen molar-refractivity contribution in [3.05, 3.63) is 239 Å². The summed E-state index contributed by atoms with van der Waals surface area (Å²) >= 11 is 0. The van der Waals surface area contributed by atoms with Crippen LogP contribution in [0.3, 0.4) is 0 Å². The van der Waals surface area contributed by atoms with E-state index in [0.29, 0.717) is 0 Å². The van der Waals surface area contributed by atoms with Crippen LogP contribution in [0.5, 0.6) is 23.0 Å². The van der Waals surface area contributed by atoms with E-state index in [-0.39, 0.29) is 0 Å². The Balaban J connectivity index is 1.26. The Hall–Kier alpha value is -7.56. The number of rotatable bonds is 2. The van der Waals surface area contributed by atoms with Crippen molar-refractivity contribution in [2.75, 3.05) is 0 Å². The second-order valence-electron chi connectivity index (χ2n) is 15.4. The number of fused-ring (bicyclic) bond motifs is 16. The van der Waals surface area contributed by atoms with Crippen molar-refractivity contribution < 1.29 is 18.3 Å². The number of hydrogen-bond acceptors (Lipinski definition) is 4. The standard InChI is InChI=1S/C54H32O4/c1-3-19-35-33(15-1)17-13-21-37(35)49-31-43-51(57-49)54(41-25-7-11-29-47(41)56-48-30-12-8-26-42(48)54)44-32-50(38-22-14-18-34-16-2-4-20-36(34)38)58-52(44)53(43)39-23-5-9-27-45(39)55-46-28-10-6-24-40(46)53/h1-32H. The molecule has 0 saturated carbocycles. The molecular formula is C54H32O4. The SMILES string of the molecule is c1ccc2c(c1)Oc1ccccc1C21c2cc(-c3cccc4ccccc34)oc2C2(c3ccccc3Oc3ccccc32)c2cc(-c3cccc4ccccc34)oc21. The summed E-state index contributed by atoms with van der Waals surface area (Å²) in [5, 5.41) is 4.53. The van der Waals surface area contributed by atoms with E-state index in [1.807, 2.05) is 24.3 Å². The van der Waals surface area contributed by atoms with E-state index >= 15 is 0 Å². The molecule has 0 saturated heterocycles. The molecule has 13 rings (SSSR count). The highest BCUT2D eigenvalue weighted by molar-refractivity contribution is 5.97. The van der Waals surface area contributed by atoms with Crippen LogP contribution in [0, 0.1) is 0 Å². The molecule has 272 valence electrons. The van der Waals surface area contributed by atoms with Crippen molar-refractivity contribution in [2.45, 2.75) is 10.8 Å². The lowest BCUT2D eigenvalue weighted by Crippen LogP contribution is -2.46. The number of benzene rings is 8. The van der Waals surface area contributed by atoms with Gasteiger partial charge in [-0.2, -0.15) is 0 Å². The number of para-hydroxylation sites is 4. The Morgan fingerprint density at radius 1 is 0.293 bits per heavy atom. The first-order chi connectivity index (χ1) is 28.7. The van der Waals surface area contributed by atoms with Gasteiger partial charge in [0.2, 0.25) is 0 Å². The van der Waals surface area contributed by atoms with Crippen LogP contribution in [0.2, 0.25) is 0 Å². The van der Waals surface area contributed by atoms with Crippen molar-refractivity contribution >= 4 is 21.5 Å². The summed E-state index contributed by atoms with van der Waals surface area (Å²) < 4.78 is 28.9. The molecule has 2 aromatic heterocycles. The normalized spacial score (nSPS) is 14.8. The molecule has 4 nitrogen and oxygen atoms in total. The fraction of sp³-hybridized carbons (Fsp3) is 0.0370. The highest BCUT2D eigenvalue weighted by Gasteiger charge is 2.63. The average Bonchev–Trinajstić information content (AvgIpc) is 3.94. The summed E-state index contributed by atoms with van der Waals surface area (Å²) in [6.07, 6.45) is 0. The largest absolute Gasteiger partial charge is 0.459 e. The zero-order valence-electron chi connectivity index (χ0n) is 31.1. The van der Waals surface area contributed by atoms with Crippen molar-refractivity contribution in [1.29, 1.82) is 0 Å². The Kier molecular flexibility index (Phi) is 6.27. The van der Waals surface area contributed by atoms with Gasteiger partial charge in [-0.3, -0.25) is 0 Å². The Labute approximate surface area is 334 Å². The molecule has 58 heavy (non-hydrogen) atoms. The predicted octanol–water partition coefficient (Wildman–Crippen LogP) is 13.8. The van der Waals surface area contributed by atoms with Crippen molar-refractivity contribution in [3.63, 3.8) is 0 Å². The highest BCUT2D eigenvalue weighted by atomic mass is 16.5. The topological polar surface area (TPSA) is 44.7 Å². The molecule has 0 fully saturated rings. The van der Waals surface area contributed by atoms with Gasteiger partial charge >= 0.3 is 0 Å². The van der Waals surface area contributed by atoms with E-state index in [1.165, 1.54) is 0 Å². The van der Waals surface area contributed by atoms with E-state index in [0.717, 1.165) is 112 Å². The molecule has 2 aliphatic heterocycles. The molecule has 0 bridgehead atoms. The van der Waals surface area contributed by atoms with Gasteiger partial charge < -0.3 is 18.3 Å². The quantitative estimate of drug-likeness (QED) is 0.177. The molecule has 4 heteroatoms. The summed E-state index contributed by atoms with van der Waals surface area (Å²) in [6.45, 7) is 0. The summed E-state index contributed by atoms with van der Waals surface area (Å²) in [7, 11) is 0. The maximum Gasteiger partial charge on any atom is 0.135 e. The third-order valence-electron chi connectivity index (χ3n) is 12.7. The molecule has 3 aliphatic rings. The molecule has 0 atom stereocenters. The van der Waals surface area contributed by atoms with Crippen LogP contribution in [-0.4, -0.2) is 0 Å². The summed E-state index contributed by atoms with van der Waals surface area (Å²) in [5.74, 6) is 6.31. The van der Waals surface area contributed by atoms with Crippen LogP contribution in [-0.2, 0) is 10.8 Å². The molecule has 0 unspecified atom stereocenters. The van der Waals surface area contributed by atoms with Gasteiger partial charge in [-0.15, -0.1) is 0 Å². The molecule has 10 aromatic rings. The minimum Gasteiger partial charge on any atom is -0.459 e. The Morgan fingerprint density at radius 3 is 1.02 bits per heavy atom. The minimum absolute atomic E-state index is 0.776. The van der Waals surface area contributed by atoms with Gasteiger partial charge in [0.05, 0.1) is 0 Å². The van der Waals surface area contributed by atoms with E-state index in [1.54, 1.807) is 0 Å². The third kappa shape index (κ3) is 3.94. The zero-order chi connectivity index (χ0) is 38.0. The molecule has 0 N–H and O–H groups in total. The van der Waals surface area contributed by atoms with Crippen LogP contribution >= 0.6 is 0 Å². The summed E-state index contributed by atoms with van der Waals surface area (Å²) in [4.78, 5) is 0. The van der Waals surface area contributed by atoms with Crippen LogP contribution in [0.1, 0.15) is 44.9 Å². The fourth-order valence-electron chi connectivity index (χ4n) is 10.3. The van der Waals surface area contributed by atoms with E-state index in [4.69, 9.17) is 18.3 Å². The Morgan fingerprint density at radius 2 is 0.621 bits per heavy atom. The minimum atomic E-state index is -0.973. The van der Waals surface area contributed by atoms with Gasteiger partial charge in [0, 0.05) is 44.5 Å². The lowest BCUT2D eigenvalue weighted by Gasteiger charge is -2.48. The lowest BCUT2D eigenvalue weighted by atomic mass is 9.53. The smallest absolute Gasteiger partial charge is 0.135 e. The molecular weight excluding hydrogens is 713 g/mol. The summed E-state index contributed by atoms with van der Waals surface area (Å²) in [6, 6.07) is 68.0. The maximum absolute atomic E-state index is 7.67. The molecule has 8 aromatic carbocycles. The van der Waals surface area contributed by atoms with Crippen LogP contribution in [0.25, 0.3) is 44.2 Å². The first kappa shape index (κ1) is 31.6. The van der Waals surface area contributed by atoms with Gasteiger partial charge in [-0.05, 0) is 57.9 Å². The van der Waals surface area contributed by atoms with Gasteiger partial charge in [0.1, 0.15) is 56.9 Å². The zero-order valence-corrected chi connectivity index (χ0v) is 31.1. The third-order valence-corrected chi connectivity index (χ3v) is 12.7. The van der Waals surface area contributed by atoms with E-state index in [2.05, 4.69) is 170 Å². The number of hydrogen-bond donors (Lipinski definition) is 0. The molecule has 4 heterocycles. The highest BCUT2D eigenvalue weighted by Crippen LogP contribution is 2.68. The fourth-order valence-corrected chi connectivity index (χ4v) is 10.3. The van der Waals surface area contributed by atoms with Crippen LogP contribution in [0.4, 0.5) is 0 Å². The van der Waals surface area contributed by atoms with Crippen molar-refractivity contribution in [2.24, 2.45) is 0 Å². The Bertz CT molecular complexity index is 2950. The predicted molar refractivity (Wildman–Crippen MR) is 227 cm³/mol. The van der Waals surface area contributed by atoms with E-state index < -0.39 is 10.8 Å². The van der Waals surface area contributed by atoms with Crippen molar-refractivity contribution in [1.82, 2.24) is 0 Å². The van der Waals surface area contributed by atoms with Crippen molar-refractivity contribution in [3.8, 4) is 45.6 Å². The lowest BCUT2D eigenvalue weighted by molar-refractivity contribution is 0.353. The molecule has 1 aliphatic carbocycles. The monoisotopic (exact) mass is 744 g/mol. The maximum atomic E-state index is 7.67. The van der Waals surface area contributed by atoms with Gasteiger partial charge in [0.25, 0.3) is 0 Å². The van der Waals surface area contributed by atoms with Crippen LogP contribution in [0.15, 0.2) is 203 Å². The molecule has 2 spiro atoms. The molecule has 0 radical (unpaired) electrons. The van der Waals surface area contributed by atoms with E-state index in [9.17, 15) is 0 Å². The number of furan rings is 2. The van der Waals surface area contributed by atoms with Gasteiger partial charge in [-0.25, -0.2) is 0 Å². The first-order valence-electron chi connectivity index (χ1n) is 19.7. The van der Waals surface area contributed by atoms with Gasteiger partial charge in [-0.1, -0.05) is 158 Å². The molecule has 0 amide bonds. The summed E-state index contributed by atoms with van der Waals surface area (Å²) in [5.41, 5.74) is 6.05. The second-order valence-corrected chi connectivity index (χ2v) is 15.4. The number of ether oxygens (including phenoxy) is 2. The van der Waals surface area contributed by atoms with Crippen LogP contribution < -0.4 is 9.47 Å². The average molecular weight is 745 g/mol. The van der Waals surface area contributed by atoms with Gasteiger partial charge in [0.15, 0.2) is 0 Å².